The minimum absolute atomic E-state index is 0.115. The number of halogens is 1. The number of hydrogen-bond donors (Lipinski definition) is 3. The first-order chi connectivity index (χ1) is 9.72. The molecular formula is C14H16FN3OS. The van der Waals surface area contributed by atoms with E-state index in [9.17, 15) is 4.39 Å². The van der Waals surface area contributed by atoms with Crippen molar-refractivity contribution in [2.45, 2.75) is 13.0 Å². The highest BCUT2D eigenvalue weighted by Crippen LogP contribution is 2.13. The molecule has 106 valence electrons. The van der Waals surface area contributed by atoms with E-state index in [-0.39, 0.29) is 11.4 Å². The van der Waals surface area contributed by atoms with Crippen molar-refractivity contribution in [1.29, 1.82) is 0 Å². The summed E-state index contributed by atoms with van der Waals surface area (Å²) < 4.78 is 14.1. The summed E-state index contributed by atoms with van der Waals surface area (Å²) in [6.07, 6.45) is 0.908. The van der Waals surface area contributed by atoms with Crippen LogP contribution in [0.5, 0.6) is 0 Å². The number of thiophene rings is 1. The summed E-state index contributed by atoms with van der Waals surface area (Å²) in [5.41, 5.74) is 7.31. The van der Waals surface area contributed by atoms with E-state index < -0.39 is 5.82 Å². The van der Waals surface area contributed by atoms with Crippen LogP contribution in [0.3, 0.4) is 0 Å². The topological polar surface area (TPSA) is 70.6 Å². The van der Waals surface area contributed by atoms with Gasteiger partial charge in [-0.2, -0.15) is 11.3 Å². The quantitative estimate of drug-likeness (QED) is 0.252. The van der Waals surface area contributed by atoms with E-state index in [1.165, 1.54) is 11.6 Å². The second-order valence-corrected chi connectivity index (χ2v) is 5.10. The van der Waals surface area contributed by atoms with Crippen LogP contribution in [-0.4, -0.2) is 17.6 Å². The van der Waals surface area contributed by atoms with Gasteiger partial charge in [0.25, 0.3) is 0 Å². The molecule has 0 atom stereocenters. The lowest BCUT2D eigenvalue weighted by Gasteiger charge is -2.08. The van der Waals surface area contributed by atoms with Crippen LogP contribution in [0.4, 0.5) is 4.39 Å². The van der Waals surface area contributed by atoms with Gasteiger partial charge in [0.1, 0.15) is 5.82 Å². The molecule has 0 aliphatic rings. The Morgan fingerprint density at radius 2 is 2.25 bits per heavy atom. The molecule has 0 radical (unpaired) electrons. The minimum Gasteiger partial charge on any atom is -0.409 e. The van der Waals surface area contributed by atoms with Gasteiger partial charge >= 0.3 is 0 Å². The fourth-order valence-electron chi connectivity index (χ4n) is 1.86. The second-order valence-electron chi connectivity index (χ2n) is 4.32. The molecule has 0 unspecified atom stereocenters. The Labute approximate surface area is 120 Å². The molecule has 4 nitrogen and oxygen atoms in total. The van der Waals surface area contributed by atoms with Gasteiger partial charge in [-0.3, -0.25) is 0 Å². The third-order valence-electron chi connectivity index (χ3n) is 2.95. The molecule has 20 heavy (non-hydrogen) atoms. The van der Waals surface area contributed by atoms with Gasteiger partial charge in [-0.25, -0.2) is 4.39 Å². The van der Waals surface area contributed by atoms with Crippen LogP contribution in [-0.2, 0) is 13.0 Å². The van der Waals surface area contributed by atoms with Gasteiger partial charge in [-0.05, 0) is 41.4 Å². The highest BCUT2D eigenvalue weighted by molar-refractivity contribution is 7.07. The van der Waals surface area contributed by atoms with Crippen molar-refractivity contribution in [3.8, 4) is 0 Å². The molecule has 0 aliphatic carbocycles. The largest absolute Gasteiger partial charge is 0.409 e. The molecule has 6 heteroatoms. The van der Waals surface area contributed by atoms with Crippen molar-refractivity contribution in [1.82, 2.24) is 5.32 Å². The van der Waals surface area contributed by atoms with E-state index >= 15 is 0 Å². The molecule has 4 N–H and O–H groups in total. The number of nitrogens with zero attached hydrogens (tertiary/aromatic N) is 1. The molecule has 2 aromatic rings. The van der Waals surface area contributed by atoms with Crippen LogP contribution in [0.15, 0.2) is 40.2 Å². The van der Waals surface area contributed by atoms with Gasteiger partial charge < -0.3 is 16.3 Å². The van der Waals surface area contributed by atoms with E-state index in [4.69, 9.17) is 10.9 Å². The second kappa shape index (κ2) is 7.02. The van der Waals surface area contributed by atoms with E-state index in [1.807, 2.05) is 5.38 Å². The molecular weight excluding hydrogens is 277 g/mol. The number of benzene rings is 1. The highest BCUT2D eigenvalue weighted by Gasteiger charge is 2.10. The summed E-state index contributed by atoms with van der Waals surface area (Å²) >= 11 is 1.67. The van der Waals surface area contributed by atoms with Gasteiger partial charge in [0, 0.05) is 12.1 Å². The fourth-order valence-corrected chi connectivity index (χ4v) is 2.56. The third-order valence-corrected chi connectivity index (χ3v) is 3.68. The Bertz CT molecular complexity index is 584. The number of amidine groups is 1. The number of oxime groups is 1. The van der Waals surface area contributed by atoms with Gasteiger partial charge in [-0.15, -0.1) is 0 Å². The zero-order valence-corrected chi connectivity index (χ0v) is 11.7. The van der Waals surface area contributed by atoms with Crippen LogP contribution in [0.25, 0.3) is 0 Å². The third kappa shape index (κ3) is 3.55. The van der Waals surface area contributed by atoms with Gasteiger partial charge in [-0.1, -0.05) is 17.3 Å². The predicted molar refractivity (Wildman–Crippen MR) is 78.6 cm³/mol. The molecule has 1 aromatic heterocycles. The molecule has 0 bridgehead atoms. The Balaban J connectivity index is 1.93. The van der Waals surface area contributed by atoms with E-state index in [0.29, 0.717) is 12.1 Å². The van der Waals surface area contributed by atoms with Gasteiger partial charge in [0.2, 0.25) is 0 Å². The minimum atomic E-state index is -0.453. The van der Waals surface area contributed by atoms with Crippen LogP contribution in [0.1, 0.15) is 16.7 Å². The maximum Gasteiger partial charge on any atom is 0.173 e. The predicted octanol–water partition coefficient (Wildman–Crippen LogP) is 2.31. The normalized spacial score (nSPS) is 11.8. The van der Waals surface area contributed by atoms with Crippen LogP contribution in [0.2, 0.25) is 0 Å². The smallest absolute Gasteiger partial charge is 0.173 e. The van der Waals surface area contributed by atoms with Crippen molar-refractivity contribution in [3.05, 3.63) is 57.5 Å². The summed E-state index contributed by atoms with van der Waals surface area (Å²) in [6.45, 7) is 1.17. The maximum atomic E-state index is 14.1. The summed E-state index contributed by atoms with van der Waals surface area (Å²) in [4.78, 5) is 0. The van der Waals surface area contributed by atoms with Crippen LogP contribution in [0, 0.1) is 5.82 Å². The number of rotatable bonds is 6. The van der Waals surface area contributed by atoms with E-state index in [1.54, 1.807) is 23.5 Å². The first-order valence-corrected chi connectivity index (χ1v) is 7.13. The van der Waals surface area contributed by atoms with Crippen molar-refractivity contribution >= 4 is 17.2 Å². The van der Waals surface area contributed by atoms with Crippen molar-refractivity contribution in [2.75, 3.05) is 6.54 Å². The summed E-state index contributed by atoms with van der Waals surface area (Å²) in [6, 6.07) is 6.93. The molecule has 1 aromatic carbocycles. The zero-order valence-electron chi connectivity index (χ0n) is 10.8. The monoisotopic (exact) mass is 293 g/mol. The van der Waals surface area contributed by atoms with Crippen LogP contribution < -0.4 is 11.1 Å². The molecule has 0 aliphatic heterocycles. The Morgan fingerprint density at radius 1 is 1.40 bits per heavy atom. The highest BCUT2D eigenvalue weighted by atomic mass is 32.1. The number of hydrogen-bond acceptors (Lipinski definition) is 4. The Kier molecular flexibility index (Phi) is 5.09. The standard InChI is InChI=1S/C14H16FN3OS/c15-13-11(2-1-3-12(13)14(16)18-19)8-17-6-4-10-5-7-20-9-10/h1-3,5,7,9,17,19H,4,6,8H2,(H2,16,18). The lowest BCUT2D eigenvalue weighted by molar-refractivity contribution is 0.318. The molecule has 0 saturated heterocycles. The summed E-state index contributed by atoms with van der Waals surface area (Å²) in [5.74, 6) is -0.673. The molecule has 1 heterocycles. The average Bonchev–Trinajstić information content (AvgIpc) is 2.97. The SMILES string of the molecule is N/C(=N/O)c1cccc(CNCCc2ccsc2)c1F. The summed E-state index contributed by atoms with van der Waals surface area (Å²) in [7, 11) is 0. The molecule has 2 rings (SSSR count). The molecule has 0 amide bonds. The van der Waals surface area contributed by atoms with Crippen molar-refractivity contribution in [2.24, 2.45) is 10.9 Å². The maximum absolute atomic E-state index is 14.1. The summed E-state index contributed by atoms with van der Waals surface area (Å²) in [5, 5.41) is 18.8. The van der Waals surface area contributed by atoms with E-state index in [0.717, 1.165) is 13.0 Å². The van der Waals surface area contributed by atoms with Crippen molar-refractivity contribution in [3.63, 3.8) is 0 Å². The lowest BCUT2D eigenvalue weighted by Crippen LogP contribution is -2.20. The van der Waals surface area contributed by atoms with Crippen LogP contribution >= 0.6 is 11.3 Å². The van der Waals surface area contributed by atoms with Gasteiger partial charge in [0.05, 0.1) is 5.56 Å². The molecule has 0 fully saturated rings. The molecule has 0 saturated carbocycles. The lowest BCUT2D eigenvalue weighted by atomic mass is 10.1. The number of nitrogens with one attached hydrogen (secondary N) is 1. The Hall–Kier alpha value is -1.92. The van der Waals surface area contributed by atoms with Gasteiger partial charge in [0.15, 0.2) is 5.84 Å². The fraction of sp³-hybridized carbons (Fsp3) is 0.214. The zero-order chi connectivity index (χ0) is 14.4. The Morgan fingerprint density at radius 3 is 2.95 bits per heavy atom. The molecule has 0 spiro atoms. The first kappa shape index (κ1) is 14.5. The van der Waals surface area contributed by atoms with E-state index in [2.05, 4.69) is 21.9 Å². The first-order valence-electron chi connectivity index (χ1n) is 6.19. The van der Waals surface area contributed by atoms with Crippen molar-refractivity contribution < 1.29 is 9.60 Å². The average molecular weight is 293 g/mol. The number of nitrogens with two attached hydrogens (primary N) is 1.